The fourth-order valence-corrected chi connectivity index (χ4v) is 4.30. The van der Waals surface area contributed by atoms with Crippen LogP contribution in [0.3, 0.4) is 0 Å². The smallest absolute Gasteiger partial charge is 0.241 e. The van der Waals surface area contributed by atoms with Crippen LogP contribution in [0.5, 0.6) is 5.75 Å². The predicted octanol–water partition coefficient (Wildman–Crippen LogP) is 4.68. The van der Waals surface area contributed by atoms with Gasteiger partial charge in [-0.15, -0.1) is 0 Å². The van der Waals surface area contributed by atoms with Crippen LogP contribution in [0, 0.1) is 5.92 Å². The summed E-state index contributed by atoms with van der Waals surface area (Å²) in [5.41, 5.74) is 2.89. The Morgan fingerprint density at radius 3 is 2.62 bits per heavy atom. The number of rotatable bonds is 8. The van der Waals surface area contributed by atoms with E-state index in [9.17, 15) is 0 Å². The highest BCUT2D eigenvalue weighted by atomic mass is 16.5. The minimum atomic E-state index is -0.150. The lowest BCUT2D eigenvalue weighted by atomic mass is 9.72. The second-order valence-electron chi connectivity index (χ2n) is 9.26. The first kappa shape index (κ1) is 22.4. The zero-order valence-electron chi connectivity index (χ0n) is 19.5. The molecule has 0 aromatic carbocycles. The molecule has 0 N–H and O–H groups in total. The first-order valence-corrected chi connectivity index (χ1v) is 11.5. The zero-order chi connectivity index (χ0) is 22.6. The molecule has 0 aliphatic carbocycles. The summed E-state index contributed by atoms with van der Waals surface area (Å²) in [7, 11) is 1.67. The molecule has 1 aliphatic rings. The molecule has 4 heterocycles. The Hall–Kier alpha value is -2.80. The summed E-state index contributed by atoms with van der Waals surface area (Å²) in [6.45, 7) is 9.64. The Labute approximate surface area is 190 Å². The molecule has 4 rings (SSSR count). The molecular formula is C25H33N5O2. The molecule has 32 heavy (non-hydrogen) atoms. The van der Waals surface area contributed by atoms with Gasteiger partial charge in [0.15, 0.2) is 0 Å². The lowest BCUT2D eigenvalue weighted by Crippen LogP contribution is -2.32. The predicted molar refractivity (Wildman–Crippen MR) is 123 cm³/mol. The Balaban J connectivity index is 1.50. The standard InChI is InChI=1S/C25H33N5O2/c1-18(2)25(3,13-19-12-21(31-4)16-26-14-19)22-9-8-20(15-27-22)24-28-23(32-29-24)17-30-10-6-5-7-11-30/h8-9,12,14-16,18H,5-7,10-11,13,17H2,1-4H3. The monoisotopic (exact) mass is 435 g/mol. The SMILES string of the molecule is COc1cncc(CC(C)(c2ccc(-c3noc(CN4CCCCC4)n3)cn2)C(C)C)c1. The third kappa shape index (κ3) is 4.99. The van der Waals surface area contributed by atoms with Crippen molar-refractivity contribution in [2.45, 2.75) is 58.4 Å². The van der Waals surface area contributed by atoms with Gasteiger partial charge in [0.1, 0.15) is 5.75 Å². The maximum absolute atomic E-state index is 5.51. The Kier molecular flexibility index (Phi) is 6.84. The lowest BCUT2D eigenvalue weighted by Gasteiger charge is -2.33. The topological polar surface area (TPSA) is 77.2 Å². The maximum Gasteiger partial charge on any atom is 0.241 e. The number of likely N-dealkylation sites (tertiary alicyclic amines) is 1. The molecule has 1 atom stereocenters. The molecule has 3 aromatic heterocycles. The average Bonchev–Trinajstić information content (AvgIpc) is 3.28. The summed E-state index contributed by atoms with van der Waals surface area (Å²) in [6, 6.07) is 6.18. The second-order valence-corrected chi connectivity index (χ2v) is 9.26. The Bertz CT molecular complexity index is 1010. The van der Waals surface area contributed by atoms with Crippen LogP contribution in [-0.4, -0.2) is 45.2 Å². The van der Waals surface area contributed by atoms with Crippen molar-refractivity contribution in [3.8, 4) is 17.1 Å². The van der Waals surface area contributed by atoms with Crippen molar-refractivity contribution in [2.75, 3.05) is 20.2 Å². The van der Waals surface area contributed by atoms with Crippen molar-refractivity contribution in [3.63, 3.8) is 0 Å². The fourth-order valence-electron chi connectivity index (χ4n) is 4.30. The van der Waals surface area contributed by atoms with Crippen molar-refractivity contribution in [3.05, 3.63) is 53.9 Å². The van der Waals surface area contributed by atoms with E-state index >= 15 is 0 Å². The zero-order valence-corrected chi connectivity index (χ0v) is 19.5. The molecular weight excluding hydrogens is 402 g/mol. The number of methoxy groups -OCH3 is 1. The number of hydrogen-bond acceptors (Lipinski definition) is 7. The van der Waals surface area contributed by atoms with E-state index in [1.165, 1.54) is 19.3 Å². The first-order chi connectivity index (χ1) is 15.5. The van der Waals surface area contributed by atoms with Crippen LogP contribution in [-0.2, 0) is 18.4 Å². The normalized spacial score (nSPS) is 16.8. The van der Waals surface area contributed by atoms with Crippen molar-refractivity contribution < 1.29 is 9.26 Å². The van der Waals surface area contributed by atoms with E-state index in [0.717, 1.165) is 48.6 Å². The number of ether oxygens (including phenoxy) is 1. The van der Waals surface area contributed by atoms with Crippen molar-refractivity contribution in [1.29, 1.82) is 0 Å². The quantitative estimate of drug-likeness (QED) is 0.508. The Morgan fingerprint density at radius 1 is 1.12 bits per heavy atom. The molecule has 0 spiro atoms. The van der Waals surface area contributed by atoms with E-state index in [0.29, 0.717) is 17.6 Å². The maximum atomic E-state index is 5.51. The highest BCUT2D eigenvalue weighted by Crippen LogP contribution is 2.35. The molecule has 3 aromatic rings. The van der Waals surface area contributed by atoms with Gasteiger partial charge in [0.25, 0.3) is 0 Å². The van der Waals surface area contributed by atoms with E-state index < -0.39 is 0 Å². The first-order valence-electron chi connectivity index (χ1n) is 11.5. The van der Waals surface area contributed by atoms with Crippen LogP contribution in [0.4, 0.5) is 0 Å². The van der Waals surface area contributed by atoms with Crippen molar-refractivity contribution >= 4 is 0 Å². The summed E-state index contributed by atoms with van der Waals surface area (Å²) < 4.78 is 10.9. The molecule has 1 aliphatic heterocycles. The van der Waals surface area contributed by atoms with Gasteiger partial charge >= 0.3 is 0 Å². The van der Waals surface area contributed by atoms with Crippen LogP contribution in [0.2, 0.25) is 0 Å². The minimum Gasteiger partial charge on any atom is -0.495 e. The van der Waals surface area contributed by atoms with E-state index in [1.54, 1.807) is 13.3 Å². The van der Waals surface area contributed by atoms with E-state index in [-0.39, 0.29) is 5.41 Å². The summed E-state index contributed by atoms with van der Waals surface area (Å²) >= 11 is 0. The molecule has 7 nitrogen and oxygen atoms in total. The number of piperidine rings is 1. The molecule has 7 heteroatoms. The van der Waals surface area contributed by atoms with Gasteiger partial charge in [-0.1, -0.05) is 32.3 Å². The third-order valence-corrected chi connectivity index (χ3v) is 6.73. The Morgan fingerprint density at radius 2 is 1.94 bits per heavy atom. The molecule has 1 unspecified atom stereocenters. The van der Waals surface area contributed by atoms with Gasteiger partial charge in [-0.25, -0.2) is 0 Å². The summed E-state index contributed by atoms with van der Waals surface area (Å²) in [5, 5.41) is 4.19. The van der Waals surface area contributed by atoms with Crippen LogP contribution in [0.15, 0.2) is 41.3 Å². The lowest BCUT2D eigenvalue weighted by molar-refractivity contribution is 0.193. The molecule has 1 fully saturated rings. The number of aromatic nitrogens is 4. The molecule has 0 radical (unpaired) electrons. The number of hydrogen-bond donors (Lipinski definition) is 0. The van der Waals surface area contributed by atoms with Crippen molar-refractivity contribution in [1.82, 2.24) is 25.0 Å². The fraction of sp³-hybridized carbons (Fsp3) is 0.520. The van der Waals surface area contributed by atoms with Gasteiger partial charge in [-0.05, 0) is 62.0 Å². The molecule has 0 amide bonds. The molecule has 0 saturated carbocycles. The van der Waals surface area contributed by atoms with E-state index in [4.69, 9.17) is 14.2 Å². The van der Waals surface area contributed by atoms with Crippen LogP contribution >= 0.6 is 0 Å². The van der Waals surface area contributed by atoms with Gasteiger partial charge in [-0.3, -0.25) is 14.9 Å². The average molecular weight is 436 g/mol. The molecule has 0 bridgehead atoms. The summed E-state index contributed by atoms with van der Waals surface area (Å²) in [6.07, 6.45) is 10.1. The number of pyridine rings is 2. The molecule has 170 valence electrons. The van der Waals surface area contributed by atoms with Gasteiger partial charge in [0.2, 0.25) is 11.7 Å². The minimum absolute atomic E-state index is 0.150. The van der Waals surface area contributed by atoms with Gasteiger partial charge in [0, 0.05) is 29.1 Å². The van der Waals surface area contributed by atoms with E-state index in [2.05, 4.69) is 46.9 Å². The van der Waals surface area contributed by atoms with Gasteiger partial charge < -0.3 is 9.26 Å². The number of nitrogens with zero attached hydrogens (tertiary/aromatic N) is 5. The molecule has 1 saturated heterocycles. The third-order valence-electron chi connectivity index (χ3n) is 6.73. The second kappa shape index (κ2) is 9.77. The van der Waals surface area contributed by atoms with Gasteiger partial charge in [-0.2, -0.15) is 4.98 Å². The van der Waals surface area contributed by atoms with Crippen LogP contribution in [0.25, 0.3) is 11.4 Å². The highest BCUT2D eigenvalue weighted by Gasteiger charge is 2.32. The van der Waals surface area contributed by atoms with Crippen LogP contribution in [0.1, 0.15) is 57.2 Å². The van der Waals surface area contributed by atoms with Gasteiger partial charge in [0.05, 0.1) is 19.9 Å². The summed E-state index contributed by atoms with van der Waals surface area (Å²) in [4.78, 5) is 16.1. The summed E-state index contributed by atoms with van der Waals surface area (Å²) in [5.74, 6) is 2.42. The van der Waals surface area contributed by atoms with E-state index in [1.807, 2.05) is 24.5 Å². The largest absolute Gasteiger partial charge is 0.495 e. The van der Waals surface area contributed by atoms with Crippen LogP contribution < -0.4 is 4.74 Å². The highest BCUT2D eigenvalue weighted by molar-refractivity contribution is 5.53. The van der Waals surface area contributed by atoms with Crippen molar-refractivity contribution in [2.24, 2.45) is 5.92 Å².